The summed E-state index contributed by atoms with van der Waals surface area (Å²) in [7, 11) is -3.66. The van der Waals surface area contributed by atoms with Crippen LogP contribution in [0.1, 0.15) is 28.0 Å². The highest BCUT2D eigenvalue weighted by molar-refractivity contribution is 7.91. The maximum atomic E-state index is 12.8. The molecule has 36 heavy (non-hydrogen) atoms. The van der Waals surface area contributed by atoms with Gasteiger partial charge in [0.1, 0.15) is 12.4 Å². The number of nitrogens with zero attached hydrogens (tertiary/aromatic N) is 1. The zero-order valence-corrected chi connectivity index (χ0v) is 20.3. The number of aliphatic hydroxyl groups excluding tert-OH is 2. The molecule has 0 radical (unpaired) electrons. The molecule has 12 heteroatoms. The van der Waals surface area contributed by atoms with Crippen LogP contribution in [0.15, 0.2) is 71.3 Å². The van der Waals surface area contributed by atoms with Crippen molar-refractivity contribution in [3.63, 3.8) is 0 Å². The minimum absolute atomic E-state index is 0.142. The van der Waals surface area contributed by atoms with E-state index in [1.165, 1.54) is 0 Å². The van der Waals surface area contributed by atoms with Crippen molar-refractivity contribution in [1.29, 1.82) is 0 Å². The van der Waals surface area contributed by atoms with E-state index in [1.807, 2.05) is 41.1 Å². The summed E-state index contributed by atoms with van der Waals surface area (Å²) in [5, 5.41) is 26.7. The molecule has 0 bridgehead atoms. The highest BCUT2D eigenvalue weighted by Crippen LogP contribution is 2.14. The number of aromatic nitrogens is 1. The number of oxazole rings is 1. The van der Waals surface area contributed by atoms with E-state index in [4.69, 9.17) is 4.42 Å². The maximum absolute atomic E-state index is 12.8. The standard InChI is InChI=1S/C24H28N4O7S/c1-36(33,34)28-24-27-19(15-35-24)23(32)26-18(12-16-8-4-2-5-9-16)22(31)20(29)13-21(30)25-14-17-10-6-3-7-11-17/h2-11,15,18,20,22,29,31H,12-14H2,1H3,(H,25,30)(H,26,32)(H,27,28). The van der Waals surface area contributed by atoms with Gasteiger partial charge in [0, 0.05) is 6.54 Å². The van der Waals surface area contributed by atoms with Gasteiger partial charge >= 0.3 is 6.01 Å². The summed E-state index contributed by atoms with van der Waals surface area (Å²) in [5.41, 5.74) is 1.41. The third-order valence-corrected chi connectivity index (χ3v) is 5.70. The van der Waals surface area contributed by atoms with Crippen molar-refractivity contribution in [1.82, 2.24) is 15.6 Å². The first kappa shape index (κ1) is 26.9. The van der Waals surface area contributed by atoms with Gasteiger partial charge in [0.25, 0.3) is 5.91 Å². The molecule has 2 amide bonds. The van der Waals surface area contributed by atoms with E-state index < -0.39 is 46.1 Å². The molecule has 0 aliphatic heterocycles. The lowest BCUT2D eigenvalue weighted by Gasteiger charge is -2.27. The van der Waals surface area contributed by atoms with Crippen molar-refractivity contribution in [3.8, 4) is 0 Å². The van der Waals surface area contributed by atoms with Crippen LogP contribution in [0.4, 0.5) is 6.01 Å². The highest BCUT2D eigenvalue weighted by atomic mass is 32.2. The second-order valence-corrected chi connectivity index (χ2v) is 9.95. The first-order valence-corrected chi connectivity index (χ1v) is 12.9. The minimum atomic E-state index is -3.66. The molecule has 0 fully saturated rings. The molecule has 3 unspecified atom stereocenters. The van der Waals surface area contributed by atoms with E-state index in [1.54, 1.807) is 24.3 Å². The Morgan fingerprint density at radius 3 is 2.22 bits per heavy atom. The van der Waals surface area contributed by atoms with Crippen molar-refractivity contribution in [2.45, 2.75) is 37.6 Å². The minimum Gasteiger partial charge on any atom is -0.431 e. The number of hydrogen-bond acceptors (Lipinski definition) is 8. The number of nitrogens with one attached hydrogen (secondary N) is 3. The van der Waals surface area contributed by atoms with Gasteiger partial charge in [-0.1, -0.05) is 60.7 Å². The number of hydrogen-bond donors (Lipinski definition) is 5. The lowest BCUT2D eigenvalue weighted by Crippen LogP contribution is -2.50. The van der Waals surface area contributed by atoms with Crippen LogP contribution in [-0.2, 0) is 27.8 Å². The topological polar surface area (TPSA) is 171 Å². The Bertz CT molecular complexity index is 1250. The monoisotopic (exact) mass is 516 g/mol. The quantitative estimate of drug-likeness (QED) is 0.235. The summed E-state index contributed by atoms with van der Waals surface area (Å²) in [6, 6.07) is 16.8. The molecule has 0 aliphatic carbocycles. The van der Waals surface area contributed by atoms with E-state index in [0.29, 0.717) is 0 Å². The van der Waals surface area contributed by atoms with E-state index in [0.717, 1.165) is 23.6 Å². The molecule has 11 nitrogen and oxygen atoms in total. The van der Waals surface area contributed by atoms with Crippen LogP contribution in [0.3, 0.4) is 0 Å². The van der Waals surface area contributed by atoms with Crippen LogP contribution in [0.25, 0.3) is 0 Å². The molecule has 2 aromatic carbocycles. The molecule has 192 valence electrons. The number of rotatable bonds is 12. The van der Waals surface area contributed by atoms with Gasteiger partial charge in [-0.2, -0.15) is 4.98 Å². The summed E-state index contributed by atoms with van der Waals surface area (Å²) < 4.78 is 29.6. The Balaban J connectivity index is 1.66. The second kappa shape index (κ2) is 12.3. The van der Waals surface area contributed by atoms with E-state index >= 15 is 0 Å². The molecule has 3 aromatic rings. The van der Waals surface area contributed by atoms with Crippen LogP contribution in [0.5, 0.6) is 0 Å². The molecule has 1 aromatic heterocycles. The number of carbonyl (C=O) groups excluding carboxylic acids is 2. The van der Waals surface area contributed by atoms with Gasteiger partial charge < -0.3 is 25.3 Å². The fourth-order valence-corrected chi connectivity index (χ4v) is 3.81. The largest absolute Gasteiger partial charge is 0.431 e. The lowest BCUT2D eigenvalue weighted by atomic mass is 9.96. The normalized spacial score (nSPS) is 13.9. The Hall–Kier alpha value is -3.74. The van der Waals surface area contributed by atoms with Crippen molar-refractivity contribution in [2.24, 2.45) is 0 Å². The number of aliphatic hydroxyl groups is 2. The van der Waals surface area contributed by atoms with Crippen molar-refractivity contribution in [3.05, 3.63) is 83.7 Å². The average molecular weight is 517 g/mol. The summed E-state index contributed by atoms with van der Waals surface area (Å²) in [4.78, 5) is 28.9. The van der Waals surface area contributed by atoms with Crippen LogP contribution in [-0.4, -0.2) is 59.9 Å². The average Bonchev–Trinajstić information content (AvgIpc) is 3.30. The Morgan fingerprint density at radius 2 is 1.61 bits per heavy atom. The predicted octanol–water partition coefficient (Wildman–Crippen LogP) is 0.816. The van der Waals surface area contributed by atoms with E-state index in [-0.39, 0.29) is 25.1 Å². The van der Waals surface area contributed by atoms with E-state index in [2.05, 4.69) is 15.6 Å². The van der Waals surface area contributed by atoms with Crippen LogP contribution < -0.4 is 15.4 Å². The van der Waals surface area contributed by atoms with Gasteiger partial charge in [-0.15, -0.1) is 0 Å². The van der Waals surface area contributed by atoms with Gasteiger partial charge in [0.15, 0.2) is 5.69 Å². The SMILES string of the molecule is CS(=O)(=O)Nc1nc(C(=O)NC(Cc2ccccc2)C(O)C(O)CC(=O)NCc2ccccc2)co1. The number of carbonyl (C=O) groups is 2. The molecular weight excluding hydrogens is 488 g/mol. The van der Waals surface area contributed by atoms with Gasteiger partial charge in [-0.3, -0.25) is 9.59 Å². The Kier molecular flexibility index (Phi) is 9.17. The second-order valence-electron chi connectivity index (χ2n) is 8.21. The number of anilines is 1. The van der Waals surface area contributed by atoms with Gasteiger partial charge in [0.2, 0.25) is 15.9 Å². The molecule has 3 atom stereocenters. The summed E-state index contributed by atoms with van der Waals surface area (Å²) in [6.45, 7) is 0.267. The van der Waals surface area contributed by atoms with Crippen molar-refractivity contribution < 1.29 is 32.6 Å². The Morgan fingerprint density at radius 1 is 1.00 bits per heavy atom. The van der Waals surface area contributed by atoms with E-state index in [9.17, 15) is 28.2 Å². The number of amides is 2. The third-order valence-electron chi connectivity index (χ3n) is 5.16. The molecule has 0 saturated carbocycles. The van der Waals surface area contributed by atoms with Crippen LogP contribution >= 0.6 is 0 Å². The fourth-order valence-electron chi connectivity index (χ4n) is 3.40. The smallest absolute Gasteiger partial charge is 0.309 e. The molecule has 0 aliphatic rings. The molecule has 1 heterocycles. The zero-order valence-electron chi connectivity index (χ0n) is 19.5. The number of sulfonamides is 1. The Labute approximate surface area is 208 Å². The molecule has 0 saturated heterocycles. The number of benzene rings is 2. The fraction of sp³-hybridized carbons (Fsp3) is 0.292. The zero-order chi connectivity index (χ0) is 26.1. The van der Waals surface area contributed by atoms with Gasteiger partial charge in [0.05, 0.1) is 24.8 Å². The molecular formula is C24H28N4O7S. The predicted molar refractivity (Wildman–Crippen MR) is 131 cm³/mol. The molecule has 0 spiro atoms. The maximum Gasteiger partial charge on any atom is 0.309 e. The third kappa shape index (κ3) is 8.48. The van der Waals surface area contributed by atoms with Crippen LogP contribution in [0.2, 0.25) is 0 Å². The lowest BCUT2D eigenvalue weighted by molar-refractivity contribution is -0.125. The molecule has 5 N–H and O–H groups in total. The first-order chi connectivity index (χ1) is 17.1. The van der Waals surface area contributed by atoms with Crippen molar-refractivity contribution >= 4 is 27.9 Å². The summed E-state index contributed by atoms with van der Waals surface area (Å²) >= 11 is 0. The first-order valence-electron chi connectivity index (χ1n) is 11.1. The van der Waals surface area contributed by atoms with Crippen molar-refractivity contribution in [2.75, 3.05) is 11.0 Å². The van der Waals surface area contributed by atoms with Gasteiger partial charge in [-0.25, -0.2) is 13.1 Å². The summed E-state index contributed by atoms with van der Waals surface area (Å²) in [6.07, 6.45) is -1.36. The highest BCUT2D eigenvalue weighted by Gasteiger charge is 2.30. The van der Waals surface area contributed by atoms with Crippen LogP contribution in [0, 0.1) is 0 Å². The summed E-state index contributed by atoms with van der Waals surface area (Å²) in [5.74, 6) is -1.23. The molecule has 3 rings (SSSR count). The van der Waals surface area contributed by atoms with Gasteiger partial charge in [-0.05, 0) is 17.5 Å².